The number of alkyl carbamates (subject to hydrolysis) is 1. The van der Waals surface area contributed by atoms with E-state index in [2.05, 4.69) is 10.6 Å². The molecule has 2 aromatic rings. The molecular formula is C34H49N3O6. The largest absolute Gasteiger partial charge is 0.458 e. The first kappa shape index (κ1) is 35.3. The van der Waals surface area contributed by atoms with E-state index in [0.717, 1.165) is 11.1 Å². The number of benzene rings is 2. The molecule has 0 saturated heterocycles. The van der Waals surface area contributed by atoms with Crippen LogP contribution in [0.5, 0.6) is 0 Å². The number of aryl methyl sites for hydroxylation is 1. The van der Waals surface area contributed by atoms with Crippen molar-refractivity contribution in [2.75, 3.05) is 7.05 Å². The first-order valence-corrected chi connectivity index (χ1v) is 14.8. The molecule has 0 fully saturated rings. The Morgan fingerprint density at radius 2 is 1.35 bits per heavy atom. The highest BCUT2D eigenvalue weighted by atomic mass is 16.6. The number of hydrogen-bond acceptors (Lipinski definition) is 6. The zero-order valence-corrected chi connectivity index (χ0v) is 27.3. The second-order valence-corrected chi connectivity index (χ2v) is 13.4. The van der Waals surface area contributed by atoms with Crippen molar-refractivity contribution in [1.29, 1.82) is 0 Å². The Morgan fingerprint density at radius 3 is 1.86 bits per heavy atom. The zero-order chi connectivity index (χ0) is 32.5. The molecule has 9 heteroatoms. The topological polar surface area (TPSA) is 114 Å². The molecule has 0 aliphatic carbocycles. The second-order valence-electron chi connectivity index (χ2n) is 13.4. The van der Waals surface area contributed by atoms with Crippen molar-refractivity contribution in [3.8, 4) is 0 Å². The summed E-state index contributed by atoms with van der Waals surface area (Å²) in [5.41, 5.74) is 0.867. The van der Waals surface area contributed by atoms with E-state index in [0.29, 0.717) is 12.0 Å². The first-order valence-electron chi connectivity index (χ1n) is 14.8. The lowest BCUT2D eigenvalue weighted by molar-refractivity contribution is -0.159. The van der Waals surface area contributed by atoms with Crippen LogP contribution in [0.15, 0.2) is 54.6 Å². The molecule has 3 unspecified atom stereocenters. The predicted molar refractivity (Wildman–Crippen MR) is 167 cm³/mol. The summed E-state index contributed by atoms with van der Waals surface area (Å²) < 4.78 is 11.1. The number of likely N-dealkylation sites (N-methyl/N-ethyl adjacent to an activating group) is 1. The van der Waals surface area contributed by atoms with Crippen molar-refractivity contribution in [3.05, 3.63) is 71.3 Å². The number of hydrogen-bond donors (Lipinski definition) is 2. The lowest BCUT2D eigenvalue weighted by Gasteiger charge is -2.33. The van der Waals surface area contributed by atoms with Gasteiger partial charge in [0.2, 0.25) is 11.8 Å². The molecule has 0 bridgehead atoms. The Hall–Kier alpha value is -3.88. The van der Waals surface area contributed by atoms with E-state index in [1.54, 1.807) is 53.7 Å². The first-order chi connectivity index (χ1) is 19.9. The van der Waals surface area contributed by atoms with Gasteiger partial charge in [-0.25, -0.2) is 9.59 Å². The van der Waals surface area contributed by atoms with Crippen molar-refractivity contribution in [2.45, 2.75) is 104 Å². The van der Waals surface area contributed by atoms with Crippen LogP contribution < -0.4 is 10.6 Å². The van der Waals surface area contributed by atoms with Gasteiger partial charge in [0.25, 0.3) is 0 Å². The molecule has 0 heterocycles. The fourth-order valence-corrected chi connectivity index (χ4v) is 4.48. The monoisotopic (exact) mass is 595 g/mol. The Labute approximate surface area is 256 Å². The highest BCUT2D eigenvalue weighted by molar-refractivity contribution is 5.93. The summed E-state index contributed by atoms with van der Waals surface area (Å²) in [4.78, 5) is 55.3. The molecule has 9 nitrogen and oxygen atoms in total. The van der Waals surface area contributed by atoms with Gasteiger partial charge in [-0.1, -0.05) is 74.0 Å². The summed E-state index contributed by atoms with van der Waals surface area (Å²) in [6.07, 6.45) is -0.182. The minimum atomic E-state index is -1.09. The molecule has 0 aliphatic heterocycles. The van der Waals surface area contributed by atoms with Gasteiger partial charge >= 0.3 is 12.1 Å². The maximum atomic E-state index is 14.1. The molecule has 3 amide bonds. The maximum Gasteiger partial charge on any atom is 0.408 e. The summed E-state index contributed by atoms with van der Waals surface area (Å²) in [5, 5.41) is 5.57. The Balaban J connectivity index is 2.46. The summed E-state index contributed by atoms with van der Waals surface area (Å²) >= 11 is 0. The number of carbonyl (C=O) groups excluding carboxylic acids is 4. The van der Waals surface area contributed by atoms with E-state index in [9.17, 15) is 19.2 Å². The van der Waals surface area contributed by atoms with Crippen molar-refractivity contribution in [3.63, 3.8) is 0 Å². The number of nitrogens with one attached hydrogen (secondary N) is 2. The Bertz CT molecular complexity index is 1230. The molecular weight excluding hydrogens is 546 g/mol. The number of amides is 3. The third-order valence-corrected chi connectivity index (χ3v) is 6.36. The quantitative estimate of drug-likeness (QED) is 0.332. The van der Waals surface area contributed by atoms with Gasteiger partial charge < -0.3 is 25.0 Å². The summed E-state index contributed by atoms with van der Waals surface area (Å²) in [6.45, 7) is 16.3. The van der Waals surface area contributed by atoms with E-state index in [1.165, 1.54) is 11.9 Å². The van der Waals surface area contributed by atoms with E-state index >= 15 is 0 Å². The van der Waals surface area contributed by atoms with Gasteiger partial charge in [-0.15, -0.1) is 0 Å². The second kappa shape index (κ2) is 15.0. The summed E-state index contributed by atoms with van der Waals surface area (Å²) in [6, 6.07) is 13.6. The molecule has 43 heavy (non-hydrogen) atoms. The molecule has 0 radical (unpaired) electrons. The molecule has 236 valence electrons. The number of ether oxygens (including phenoxy) is 2. The average molecular weight is 596 g/mol. The molecule has 2 rings (SSSR count). The highest BCUT2D eigenvalue weighted by Gasteiger charge is 2.36. The van der Waals surface area contributed by atoms with E-state index in [1.807, 2.05) is 63.2 Å². The Morgan fingerprint density at radius 1 is 0.791 bits per heavy atom. The molecule has 0 aliphatic rings. The fourth-order valence-electron chi connectivity index (χ4n) is 4.48. The van der Waals surface area contributed by atoms with Crippen LogP contribution in [0.4, 0.5) is 4.79 Å². The van der Waals surface area contributed by atoms with Crippen LogP contribution >= 0.6 is 0 Å². The van der Waals surface area contributed by atoms with Crippen LogP contribution in [0.25, 0.3) is 0 Å². The summed E-state index contributed by atoms with van der Waals surface area (Å²) in [7, 11) is 1.52. The van der Waals surface area contributed by atoms with Crippen molar-refractivity contribution >= 4 is 23.9 Å². The van der Waals surface area contributed by atoms with Crippen LogP contribution in [0.3, 0.4) is 0 Å². The number of carbonyl (C=O) groups is 4. The zero-order valence-electron chi connectivity index (χ0n) is 27.3. The highest BCUT2D eigenvalue weighted by Crippen LogP contribution is 2.24. The van der Waals surface area contributed by atoms with Gasteiger partial charge in [-0.3, -0.25) is 9.59 Å². The van der Waals surface area contributed by atoms with E-state index in [-0.39, 0.29) is 12.3 Å². The van der Waals surface area contributed by atoms with Gasteiger partial charge in [0.1, 0.15) is 29.3 Å². The normalized spacial score (nSPS) is 13.8. The van der Waals surface area contributed by atoms with Crippen LogP contribution in [0.2, 0.25) is 0 Å². The van der Waals surface area contributed by atoms with Gasteiger partial charge in [0.05, 0.1) is 0 Å². The molecule has 0 saturated carbocycles. The number of nitrogens with zero attached hydrogens (tertiary/aromatic N) is 1. The fraction of sp³-hybridized carbons (Fsp3) is 0.529. The minimum absolute atomic E-state index is 0.0614. The standard InChI is InChI=1S/C34H49N3O6/c1-22(2)20-26(36-32(41)43-34(7,8)9)30(39)37(10)28(25-18-16-23(3)17-19-25)29(38)35-27(31(40)42-33(4,5)6)21-24-14-12-11-13-15-24/h11-19,22,26-28H,20-21H2,1-10H3,(H,35,38)(H,36,41). The lowest BCUT2D eigenvalue weighted by atomic mass is 9.98. The van der Waals surface area contributed by atoms with Crippen LogP contribution in [0.1, 0.15) is 84.5 Å². The lowest BCUT2D eigenvalue weighted by Crippen LogP contribution is -2.54. The average Bonchev–Trinajstić information content (AvgIpc) is 2.87. The van der Waals surface area contributed by atoms with Gasteiger partial charge in [-0.05, 0) is 71.9 Å². The molecule has 2 aromatic carbocycles. The van der Waals surface area contributed by atoms with E-state index in [4.69, 9.17) is 9.47 Å². The summed E-state index contributed by atoms with van der Waals surface area (Å²) in [5.74, 6) is -1.53. The van der Waals surface area contributed by atoms with Crippen LogP contribution in [-0.2, 0) is 30.3 Å². The molecule has 0 spiro atoms. The maximum absolute atomic E-state index is 14.1. The van der Waals surface area contributed by atoms with Gasteiger partial charge in [0.15, 0.2) is 0 Å². The molecule has 2 N–H and O–H groups in total. The van der Waals surface area contributed by atoms with Crippen LogP contribution in [0, 0.1) is 12.8 Å². The minimum Gasteiger partial charge on any atom is -0.458 e. The van der Waals surface area contributed by atoms with Gasteiger partial charge in [0, 0.05) is 13.5 Å². The number of rotatable bonds is 11. The van der Waals surface area contributed by atoms with Crippen molar-refractivity contribution in [1.82, 2.24) is 15.5 Å². The predicted octanol–water partition coefficient (Wildman–Crippen LogP) is 5.50. The van der Waals surface area contributed by atoms with Crippen molar-refractivity contribution < 1.29 is 28.7 Å². The van der Waals surface area contributed by atoms with Crippen molar-refractivity contribution in [2.24, 2.45) is 5.92 Å². The van der Waals surface area contributed by atoms with Crippen LogP contribution in [-0.4, -0.2) is 59.1 Å². The third kappa shape index (κ3) is 12.1. The van der Waals surface area contributed by atoms with E-state index < -0.39 is 53.2 Å². The third-order valence-electron chi connectivity index (χ3n) is 6.36. The number of esters is 1. The Kier molecular flexibility index (Phi) is 12.3. The molecule has 0 aromatic heterocycles. The van der Waals surface area contributed by atoms with Gasteiger partial charge in [-0.2, -0.15) is 0 Å². The smallest absolute Gasteiger partial charge is 0.408 e. The molecule has 3 atom stereocenters. The SMILES string of the molecule is Cc1ccc(C(C(=O)NC(Cc2ccccc2)C(=O)OC(C)(C)C)N(C)C(=O)C(CC(C)C)NC(=O)OC(C)(C)C)cc1.